The molecular formula is C67H119NO13. The molecule has 14 nitrogen and oxygen atoms in total. The number of carbonyl (C=O) groups is 1. The molecular weight excluding hydrogens is 1030 g/mol. The number of carbonyl (C=O) groups excluding carboxylic acids is 1. The maximum atomic E-state index is 13.3. The van der Waals surface area contributed by atoms with Gasteiger partial charge in [-0.15, -0.1) is 0 Å². The van der Waals surface area contributed by atoms with Crippen molar-refractivity contribution in [1.82, 2.24) is 5.32 Å². The molecule has 12 atom stereocenters. The summed E-state index contributed by atoms with van der Waals surface area (Å²) < 4.78 is 22.8. The summed E-state index contributed by atoms with van der Waals surface area (Å²) in [5, 5.41) is 87.1. The molecule has 81 heavy (non-hydrogen) atoms. The van der Waals surface area contributed by atoms with Crippen LogP contribution in [0, 0.1) is 0 Å². The zero-order valence-electron chi connectivity index (χ0n) is 50.8. The van der Waals surface area contributed by atoms with Crippen LogP contribution < -0.4 is 5.32 Å². The lowest BCUT2D eigenvalue weighted by molar-refractivity contribution is -0.359. The van der Waals surface area contributed by atoms with Crippen LogP contribution in [0.1, 0.15) is 251 Å². The number of aliphatic hydroxyl groups is 8. The molecule has 2 heterocycles. The zero-order valence-corrected chi connectivity index (χ0v) is 50.8. The average molecular weight is 1150 g/mol. The van der Waals surface area contributed by atoms with Crippen molar-refractivity contribution in [3.63, 3.8) is 0 Å². The Morgan fingerprint density at radius 3 is 1.36 bits per heavy atom. The average Bonchev–Trinajstić information content (AvgIpc) is 3.47. The van der Waals surface area contributed by atoms with Crippen LogP contribution in [0.15, 0.2) is 72.9 Å². The van der Waals surface area contributed by atoms with Gasteiger partial charge in [-0.25, -0.2) is 0 Å². The van der Waals surface area contributed by atoms with Crippen LogP contribution >= 0.6 is 0 Å². The SMILES string of the molecule is CC/C=C\C/C=C\C/C=C\C/C=C\CCCCCCCCCCCCCCCCCCCCCCC(=O)NC(COC1OC(CO)C(OC2OC(CO)C(O)C(O)C2O)C(O)C1O)C(O)/C=C/CC/C=C/CCCCCCCCCC. The van der Waals surface area contributed by atoms with Crippen LogP contribution in [0.4, 0.5) is 0 Å². The van der Waals surface area contributed by atoms with Gasteiger partial charge in [0.25, 0.3) is 0 Å². The van der Waals surface area contributed by atoms with Gasteiger partial charge in [-0.05, 0) is 70.6 Å². The van der Waals surface area contributed by atoms with Crippen LogP contribution in [0.2, 0.25) is 0 Å². The summed E-state index contributed by atoms with van der Waals surface area (Å²) in [4.78, 5) is 13.3. The van der Waals surface area contributed by atoms with E-state index in [0.717, 1.165) is 57.8 Å². The number of rotatable bonds is 52. The third kappa shape index (κ3) is 36.8. The van der Waals surface area contributed by atoms with E-state index in [1.165, 1.54) is 161 Å². The molecule has 14 heteroatoms. The molecule has 2 aliphatic heterocycles. The van der Waals surface area contributed by atoms with Gasteiger partial charge in [0.2, 0.25) is 5.91 Å². The molecule has 2 rings (SSSR count). The van der Waals surface area contributed by atoms with Gasteiger partial charge in [0, 0.05) is 6.42 Å². The Bertz CT molecular complexity index is 1630. The number of nitrogens with one attached hydrogen (secondary N) is 1. The minimum atomic E-state index is -1.79. The van der Waals surface area contributed by atoms with E-state index in [2.05, 4.69) is 79.9 Å². The molecule has 2 fully saturated rings. The van der Waals surface area contributed by atoms with Crippen LogP contribution in [0.25, 0.3) is 0 Å². The van der Waals surface area contributed by atoms with E-state index < -0.39 is 86.8 Å². The fourth-order valence-corrected chi connectivity index (χ4v) is 10.4. The minimum Gasteiger partial charge on any atom is -0.394 e. The molecule has 0 aromatic rings. The fraction of sp³-hybridized carbons (Fsp3) is 0.806. The third-order valence-electron chi connectivity index (χ3n) is 15.6. The van der Waals surface area contributed by atoms with Crippen LogP contribution in [0.3, 0.4) is 0 Å². The molecule has 0 saturated carbocycles. The summed E-state index contributed by atoms with van der Waals surface area (Å²) in [7, 11) is 0. The Morgan fingerprint density at radius 2 is 0.864 bits per heavy atom. The number of hydrogen-bond acceptors (Lipinski definition) is 13. The summed E-state index contributed by atoms with van der Waals surface area (Å²) in [5.41, 5.74) is 0. The quantitative estimate of drug-likeness (QED) is 0.0204. The number of aliphatic hydroxyl groups excluding tert-OH is 8. The van der Waals surface area contributed by atoms with Crippen molar-refractivity contribution >= 4 is 5.91 Å². The highest BCUT2D eigenvalue weighted by atomic mass is 16.7. The molecule has 470 valence electrons. The Balaban J connectivity index is 1.64. The van der Waals surface area contributed by atoms with Crippen molar-refractivity contribution in [2.24, 2.45) is 0 Å². The zero-order chi connectivity index (χ0) is 58.8. The largest absolute Gasteiger partial charge is 0.394 e. The molecule has 0 bridgehead atoms. The van der Waals surface area contributed by atoms with E-state index in [1.807, 2.05) is 6.08 Å². The molecule has 0 aromatic carbocycles. The van der Waals surface area contributed by atoms with Crippen LogP contribution in [-0.4, -0.2) is 140 Å². The summed E-state index contributed by atoms with van der Waals surface area (Å²) >= 11 is 0. The van der Waals surface area contributed by atoms with Gasteiger partial charge in [0.05, 0.1) is 32.0 Å². The molecule has 1 amide bonds. The molecule has 12 unspecified atom stereocenters. The Labute approximate surface area is 491 Å². The number of amides is 1. The lowest BCUT2D eigenvalue weighted by Gasteiger charge is -2.46. The summed E-state index contributed by atoms with van der Waals surface area (Å²) in [5.74, 6) is -0.248. The van der Waals surface area contributed by atoms with E-state index in [1.54, 1.807) is 6.08 Å². The van der Waals surface area contributed by atoms with Crippen molar-refractivity contribution in [3.05, 3.63) is 72.9 Å². The molecule has 0 radical (unpaired) electrons. The van der Waals surface area contributed by atoms with Gasteiger partial charge in [0.15, 0.2) is 12.6 Å². The van der Waals surface area contributed by atoms with E-state index in [9.17, 15) is 45.6 Å². The second kappa shape index (κ2) is 51.8. The van der Waals surface area contributed by atoms with Crippen LogP contribution in [-0.2, 0) is 23.7 Å². The maximum absolute atomic E-state index is 13.3. The molecule has 0 spiro atoms. The first-order valence-corrected chi connectivity index (χ1v) is 32.7. The van der Waals surface area contributed by atoms with Crippen molar-refractivity contribution in [2.45, 2.75) is 325 Å². The van der Waals surface area contributed by atoms with E-state index in [0.29, 0.717) is 12.8 Å². The van der Waals surface area contributed by atoms with Gasteiger partial charge in [-0.1, -0.05) is 247 Å². The third-order valence-corrected chi connectivity index (χ3v) is 15.6. The molecule has 9 N–H and O–H groups in total. The minimum absolute atomic E-state index is 0.248. The Hall–Kier alpha value is -2.57. The predicted molar refractivity (Wildman–Crippen MR) is 327 cm³/mol. The lowest BCUT2D eigenvalue weighted by Crippen LogP contribution is -2.65. The van der Waals surface area contributed by atoms with Crippen LogP contribution in [0.5, 0.6) is 0 Å². The normalized spacial score (nSPS) is 24.6. The van der Waals surface area contributed by atoms with Crippen molar-refractivity contribution in [2.75, 3.05) is 19.8 Å². The second-order valence-corrected chi connectivity index (χ2v) is 22.9. The molecule has 0 aromatic heterocycles. The highest BCUT2D eigenvalue weighted by Gasteiger charge is 2.51. The smallest absolute Gasteiger partial charge is 0.220 e. The van der Waals surface area contributed by atoms with E-state index in [-0.39, 0.29) is 18.9 Å². The highest BCUT2D eigenvalue weighted by Crippen LogP contribution is 2.30. The lowest BCUT2D eigenvalue weighted by atomic mass is 9.97. The molecule has 2 aliphatic rings. The number of unbranched alkanes of at least 4 members (excludes halogenated alkanes) is 29. The van der Waals surface area contributed by atoms with Gasteiger partial charge < -0.3 is 65.1 Å². The molecule has 2 saturated heterocycles. The first kappa shape index (κ1) is 74.5. The number of allylic oxidation sites excluding steroid dienone is 11. The highest BCUT2D eigenvalue weighted by molar-refractivity contribution is 5.76. The monoisotopic (exact) mass is 1150 g/mol. The topological polar surface area (TPSA) is 228 Å². The van der Waals surface area contributed by atoms with Crippen molar-refractivity contribution < 1.29 is 64.6 Å². The number of ether oxygens (including phenoxy) is 4. The van der Waals surface area contributed by atoms with Gasteiger partial charge in [0.1, 0.15) is 48.8 Å². The van der Waals surface area contributed by atoms with Crippen molar-refractivity contribution in [1.29, 1.82) is 0 Å². The first-order valence-electron chi connectivity index (χ1n) is 32.7. The summed E-state index contributed by atoms with van der Waals surface area (Å²) in [6.45, 7) is 2.67. The fourth-order valence-electron chi connectivity index (χ4n) is 10.4. The van der Waals surface area contributed by atoms with E-state index >= 15 is 0 Å². The van der Waals surface area contributed by atoms with Crippen molar-refractivity contribution in [3.8, 4) is 0 Å². The first-order chi connectivity index (χ1) is 39.6. The predicted octanol–water partition coefficient (Wildman–Crippen LogP) is 12.3. The molecule has 0 aliphatic carbocycles. The number of hydrogen-bond donors (Lipinski definition) is 9. The summed E-state index contributed by atoms with van der Waals surface area (Å²) in [6, 6.07) is -0.932. The van der Waals surface area contributed by atoms with E-state index in [4.69, 9.17) is 18.9 Å². The standard InChI is InChI=1S/C67H119NO13/c1-3-5-7-9-11-13-15-17-19-20-21-22-23-24-25-26-27-28-29-30-31-32-33-34-35-36-37-39-41-43-45-47-49-51-59(72)68-55(56(71)50-48-46-44-42-40-38-18-16-14-12-10-8-6-4-2)54-78-66-64(77)62(75)65(58(53-70)80-66)81-67-63(76)61(74)60(73)57(52-69)79-67/h5,7,11,13,17,19,21-22,40,42,48,50,55-58,60-67,69-71,73-77H,3-4,6,8-10,12,14-16,18,20,23-39,41,43-47,49,51-54H2,1-2H3,(H,68,72)/b7-5-,13-11-,19-17-,22-21-,42-40+,50-48+. The Morgan fingerprint density at radius 1 is 0.457 bits per heavy atom. The maximum Gasteiger partial charge on any atom is 0.220 e. The summed E-state index contributed by atoms with van der Waals surface area (Å²) in [6.07, 6.45) is 52.5. The Kier molecular flexibility index (Phi) is 47.7. The second-order valence-electron chi connectivity index (χ2n) is 22.9. The van der Waals surface area contributed by atoms with Gasteiger partial charge in [-0.3, -0.25) is 4.79 Å². The van der Waals surface area contributed by atoms with Gasteiger partial charge in [-0.2, -0.15) is 0 Å². The van der Waals surface area contributed by atoms with Gasteiger partial charge >= 0.3 is 0 Å².